The number of ether oxygens (including phenoxy) is 2. The molecule has 1 unspecified atom stereocenters. The summed E-state index contributed by atoms with van der Waals surface area (Å²) in [4.78, 5) is 4.34. The van der Waals surface area contributed by atoms with Crippen LogP contribution in [0, 0.1) is 0 Å². The third-order valence-corrected chi connectivity index (χ3v) is 6.90. The van der Waals surface area contributed by atoms with Gasteiger partial charge in [-0.15, -0.1) is 0 Å². The lowest BCUT2D eigenvalue weighted by atomic mass is 9.69. The normalized spacial score (nSPS) is 19.6. The summed E-state index contributed by atoms with van der Waals surface area (Å²) in [6, 6.07) is 6.31. The highest BCUT2D eigenvalue weighted by Gasteiger charge is 2.35. The number of hydrogen-bond donors (Lipinski definition) is 2. The SMILES string of the molecule is CN=C(NCC1(c2ccc3c(c2)OCO3)CCCCC1)NC(C)CCS(C)(=O)=O. The Morgan fingerprint density at radius 1 is 1.21 bits per heavy atom. The van der Waals surface area contributed by atoms with E-state index in [0.717, 1.165) is 30.9 Å². The Hall–Kier alpha value is -1.96. The fraction of sp³-hybridized carbons (Fsp3) is 0.667. The fourth-order valence-electron chi connectivity index (χ4n) is 4.17. The van der Waals surface area contributed by atoms with Crippen LogP contribution in [0.4, 0.5) is 0 Å². The van der Waals surface area contributed by atoms with Gasteiger partial charge in [-0.1, -0.05) is 25.3 Å². The largest absolute Gasteiger partial charge is 0.454 e. The van der Waals surface area contributed by atoms with Gasteiger partial charge < -0.3 is 20.1 Å². The molecule has 1 heterocycles. The lowest BCUT2D eigenvalue weighted by Crippen LogP contribution is -2.48. The second-order valence-electron chi connectivity index (χ2n) is 8.30. The van der Waals surface area contributed by atoms with E-state index in [1.807, 2.05) is 13.0 Å². The summed E-state index contributed by atoms with van der Waals surface area (Å²) >= 11 is 0. The maximum absolute atomic E-state index is 11.4. The summed E-state index contributed by atoms with van der Waals surface area (Å²) in [5, 5.41) is 6.81. The molecule has 162 valence electrons. The number of guanidine groups is 1. The molecule has 1 aliphatic heterocycles. The minimum absolute atomic E-state index is 0.0174. The number of nitrogens with one attached hydrogen (secondary N) is 2. The molecule has 0 bridgehead atoms. The van der Waals surface area contributed by atoms with E-state index in [-0.39, 0.29) is 24.0 Å². The molecule has 1 atom stereocenters. The summed E-state index contributed by atoms with van der Waals surface area (Å²) in [5.74, 6) is 2.50. The van der Waals surface area contributed by atoms with E-state index in [2.05, 4.69) is 27.8 Å². The first kappa shape index (κ1) is 21.7. The standard InChI is InChI=1S/C21H33N3O4S/c1-16(9-12-29(3,25)26)24-20(22-2)23-14-21(10-5-4-6-11-21)17-7-8-18-19(13-17)28-15-27-18/h7-8,13,16H,4-6,9-12,14-15H2,1-3H3,(H2,22,23,24). The molecule has 1 fully saturated rings. The number of fused-ring (bicyclic) bond motifs is 1. The maximum Gasteiger partial charge on any atom is 0.231 e. The third kappa shape index (κ3) is 5.78. The van der Waals surface area contributed by atoms with Crippen LogP contribution in [-0.2, 0) is 15.3 Å². The van der Waals surface area contributed by atoms with E-state index in [1.165, 1.54) is 31.1 Å². The predicted octanol–water partition coefficient (Wildman–Crippen LogP) is 2.61. The van der Waals surface area contributed by atoms with Crippen LogP contribution in [0.25, 0.3) is 0 Å². The van der Waals surface area contributed by atoms with Gasteiger partial charge in [-0.2, -0.15) is 0 Å². The molecule has 2 N–H and O–H groups in total. The van der Waals surface area contributed by atoms with E-state index in [0.29, 0.717) is 12.4 Å². The van der Waals surface area contributed by atoms with Gasteiger partial charge in [0.05, 0.1) is 5.75 Å². The van der Waals surface area contributed by atoms with Gasteiger partial charge in [-0.05, 0) is 43.9 Å². The van der Waals surface area contributed by atoms with Crippen LogP contribution in [0.5, 0.6) is 11.5 Å². The Labute approximate surface area is 174 Å². The van der Waals surface area contributed by atoms with E-state index in [9.17, 15) is 8.42 Å². The van der Waals surface area contributed by atoms with Gasteiger partial charge >= 0.3 is 0 Å². The van der Waals surface area contributed by atoms with E-state index in [1.54, 1.807) is 7.05 Å². The van der Waals surface area contributed by atoms with Crippen molar-refractivity contribution in [3.63, 3.8) is 0 Å². The molecule has 29 heavy (non-hydrogen) atoms. The van der Waals surface area contributed by atoms with Crippen molar-refractivity contribution in [1.29, 1.82) is 0 Å². The molecule has 7 nitrogen and oxygen atoms in total. The number of rotatable bonds is 7. The zero-order chi connectivity index (χ0) is 20.9. The van der Waals surface area contributed by atoms with Crippen LogP contribution in [0.1, 0.15) is 51.0 Å². The van der Waals surface area contributed by atoms with Crippen LogP contribution < -0.4 is 20.1 Å². The zero-order valence-corrected chi connectivity index (χ0v) is 18.5. The molecule has 1 aromatic carbocycles. The topological polar surface area (TPSA) is 89.0 Å². The Kier molecular flexibility index (Phi) is 6.93. The van der Waals surface area contributed by atoms with E-state index in [4.69, 9.17) is 9.47 Å². The van der Waals surface area contributed by atoms with Crippen LogP contribution in [-0.4, -0.2) is 52.8 Å². The van der Waals surface area contributed by atoms with Gasteiger partial charge in [0.2, 0.25) is 6.79 Å². The van der Waals surface area contributed by atoms with Crippen LogP contribution in [0.2, 0.25) is 0 Å². The van der Waals surface area contributed by atoms with Crippen LogP contribution >= 0.6 is 0 Å². The Morgan fingerprint density at radius 2 is 1.93 bits per heavy atom. The number of benzene rings is 1. The quantitative estimate of drug-likeness (QED) is 0.518. The average molecular weight is 424 g/mol. The maximum atomic E-state index is 11.4. The molecule has 3 rings (SSSR count). The van der Waals surface area contributed by atoms with Crippen molar-refractivity contribution in [1.82, 2.24) is 10.6 Å². The molecule has 0 amide bonds. The van der Waals surface area contributed by atoms with Gasteiger partial charge in [0, 0.05) is 31.3 Å². The first-order valence-corrected chi connectivity index (χ1v) is 12.4. The van der Waals surface area contributed by atoms with Crippen LogP contribution in [0.15, 0.2) is 23.2 Å². The summed E-state index contributed by atoms with van der Waals surface area (Å²) in [6.07, 6.45) is 7.71. The second kappa shape index (κ2) is 9.24. The van der Waals surface area contributed by atoms with E-state index < -0.39 is 9.84 Å². The average Bonchev–Trinajstić information content (AvgIpc) is 3.17. The van der Waals surface area contributed by atoms with Crippen molar-refractivity contribution >= 4 is 15.8 Å². The molecule has 8 heteroatoms. The van der Waals surface area contributed by atoms with Gasteiger partial charge in [-0.3, -0.25) is 4.99 Å². The summed E-state index contributed by atoms with van der Waals surface area (Å²) in [5.41, 5.74) is 1.29. The third-order valence-electron chi connectivity index (χ3n) is 5.92. The molecule has 0 saturated heterocycles. The molecular weight excluding hydrogens is 390 g/mol. The predicted molar refractivity (Wildman–Crippen MR) is 116 cm³/mol. The van der Waals surface area contributed by atoms with Gasteiger partial charge in [0.25, 0.3) is 0 Å². The minimum atomic E-state index is -2.96. The van der Waals surface area contributed by atoms with Crippen molar-refractivity contribution in [3.05, 3.63) is 23.8 Å². The first-order chi connectivity index (χ1) is 13.8. The van der Waals surface area contributed by atoms with Gasteiger partial charge in [0.15, 0.2) is 17.5 Å². The molecule has 0 aromatic heterocycles. The minimum Gasteiger partial charge on any atom is -0.454 e. The number of hydrogen-bond acceptors (Lipinski definition) is 5. The van der Waals surface area contributed by atoms with Crippen molar-refractivity contribution in [2.24, 2.45) is 4.99 Å². The lowest BCUT2D eigenvalue weighted by molar-refractivity contribution is 0.174. The zero-order valence-electron chi connectivity index (χ0n) is 17.7. The number of sulfone groups is 1. The number of aliphatic imine (C=N–C) groups is 1. The molecule has 1 aliphatic carbocycles. The molecule has 0 spiro atoms. The fourth-order valence-corrected chi connectivity index (χ4v) is 4.95. The van der Waals surface area contributed by atoms with Gasteiger partial charge in [0.1, 0.15) is 9.84 Å². The van der Waals surface area contributed by atoms with Crippen molar-refractivity contribution < 1.29 is 17.9 Å². The van der Waals surface area contributed by atoms with Crippen LogP contribution in [0.3, 0.4) is 0 Å². The summed E-state index contributed by atoms with van der Waals surface area (Å²) < 4.78 is 33.9. The molecule has 0 radical (unpaired) electrons. The van der Waals surface area contributed by atoms with Crippen molar-refractivity contribution in [3.8, 4) is 11.5 Å². The molecule has 1 saturated carbocycles. The van der Waals surface area contributed by atoms with Gasteiger partial charge in [-0.25, -0.2) is 8.42 Å². The molecule has 2 aliphatic rings. The smallest absolute Gasteiger partial charge is 0.231 e. The molecule has 1 aromatic rings. The lowest BCUT2D eigenvalue weighted by Gasteiger charge is -2.38. The Balaban J connectivity index is 1.67. The Bertz CT molecular complexity index is 832. The van der Waals surface area contributed by atoms with Crippen molar-refractivity contribution in [2.75, 3.05) is 32.4 Å². The summed E-state index contributed by atoms with van der Waals surface area (Å²) in [6.45, 7) is 3.03. The molecular formula is C21H33N3O4S. The highest BCUT2D eigenvalue weighted by Crippen LogP contribution is 2.43. The monoisotopic (exact) mass is 423 g/mol. The second-order valence-corrected chi connectivity index (χ2v) is 10.6. The first-order valence-electron chi connectivity index (χ1n) is 10.4. The summed E-state index contributed by atoms with van der Waals surface area (Å²) in [7, 11) is -1.22. The number of nitrogens with zero attached hydrogens (tertiary/aromatic N) is 1. The highest BCUT2D eigenvalue weighted by atomic mass is 32.2. The van der Waals surface area contributed by atoms with Crippen molar-refractivity contribution in [2.45, 2.75) is 56.9 Å². The highest BCUT2D eigenvalue weighted by molar-refractivity contribution is 7.90. The Morgan fingerprint density at radius 3 is 2.62 bits per heavy atom. The van der Waals surface area contributed by atoms with E-state index >= 15 is 0 Å².